The molecule has 122 valence electrons. The molecule has 0 radical (unpaired) electrons. The Balaban J connectivity index is 1.79. The van der Waals surface area contributed by atoms with Gasteiger partial charge in [-0.3, -0.25) is 4.79 Å². The summed E-state index contributed by atoms with van der Waals surface area (Å²) in [6.45, 7) is 3.04. The molecule has 23 heavy (non-hydrogen) atoms. The minimum atomic E-state index is -0.792. The number of morpholine rings is 1. The van der Waals surface area contributed by atoms with E-state index in [1.165, 1.54) is 12.6 Å². The van der Waals surface area contributed by atoms with Gasteiger partial charge in [-0.2, -0.15) is 0 Å². The van der Waals surface area contributed by atoms with Crippen molar-refractivity contribution in [2.45, 2.75) is 18.9 Å². The molecule has 0 spiro atoms. The second kappa shape index (κ2) is 6.52. The SMILES string of the molecule is Cc1ccccc1CC1(CO)CN(C(=O)c2cnco2)CCO1. The molecule has 1 saturated heterocycles. The van der Waals surface area contributed by atoms with Gasteiger partial charge in [-0.1, -0.05) is 24.3 Å². The summed E-state index contributed by atoms with van der Waals surface area (Å²) in [5, 5.41) is 9.93. The van der Waals surface area contributed by atoms with Gasteiger partial charge in [0.1, 0.15) is 5.60 Å². The van der Waals surface area contributed by atoms with Gasteiger partial charge in [0.2, 0.25) is 5.76 Å². The number of ether oxygens (including phenoxy) is 1. The maximum Gasteiger partial charge on any atom is 0.291 e. The summed E-state index contributed by atoms with van der Waals surface area (Å²) in [6.07, 6.45) is 3.19. The smallest absolute Gasteiger partial charge is 0.291 e. The fourth-order valence-electron chi connectivity index (χ4n) is 2.91. The molecule has 3 rings (SSSR count). The molecule has 1 aliphatic rings. The summed E-state index contributed by atoms with van der Waals surface area (Å²) in [6, 6.07) is 7.99. The second-order valence-corrected chi connectivity index (χ2v) is 5.89. The van der Waals surface area contributed by atoms with Crippen molar-refractivity contribution in [3.8, 4) is 0 Å². The zero-order chi connectivity index (χ0) is 16.3. The molecule has 1 atom stereocenters. The maximum absolute atomic E-state index is 12.4. The number of rotatable bonds is 4. The van der Waals surface area contributed by atoms with Crippen molar-refractivity contribution in [1.82, 2.24) is 9.88 Å². The molecule has 1 aromatic heterocycles. The average Bonchev–Trinajstić information content (AvgIpc) is 3.11. The topological polar surface area (TPSA) is 75.8 Å². The van der Waals surface area contributed by atoms with Gasteiger partial charge in [0.25, 0.3) is 5.91 Å². The predicted molar refractivity (Wildman–Crippen MR) is 83.1 cm³/mol. The maximum atomic E-state index is 12.4. The summed E-state index contributed by atoms with van der Waals surface area (Å²) in [5.41, 5.74) is 1.46. The van der Waals surface area contributed by atoms with Crippen LogP contribution in [0.3, 0.4) is 0 Å². The highest BCUT2D eigenvalue weighted by molar-refractivity contribution is 5.91. The number of hydrogen-bond acceptors (Lipinski definition) is 5. The Hall–Kier alpha value is -2.18. The van der Waals surface area contributed by atoms with Gasteiger partial charge in [-0.05, 0) is 18.1 Å². The summed E-state index contributed by atoms with van der Waals surface area (Å²) < 4.78 is 11.0. The van der Waals surface area contributed by atoms with Crippen molar-refractivity contribution >= 4 is 5.91 Å². The summed E-state index contributed by atoms with van der Waals surface area (Å²) in [4.78, 5) is 17.9. The molecule has 2 heterocycles. The van der Waals surface area contributed by atoms with Crippen molar-refractivity contribution in [1.29, 1.82) is 0 Å². The first kappa shape index (κ1) is 15.7. The van der Waals surface area contributed by atoms with Gasteiger partial charge in [-0.25, -0.2) is 4.98 Å². The predicted octanol–water partition coefficient (Wildman–Crippen LogP) is 1.43. The summed E-state index contributed by atoms with van der Waals surface area (Å²) >= 11 is 0. The standard InChI is InChI=1S/C17H20N2O4/c1-13-4-2-3-5-14(13)8-17(11-20)10-19(6-7-23-17)16(21)15-9-18-12-22-15/h2-5,9,12,20H,6-8,10-11H2,1H3. The van der Waals surface area contributed by atoms with Crippen LogP contribution >= 0.6 is 0 Å². The van der Waals surface area contributed by atoms with Gasteiger partial charge in [0.15, 0.2) is 6.39 Å². The highest BCUT2D eigenvalue weighted by Crippen LogP contribution is 2.25. The lowest BCUT2D eigenvalue weighted by atomic mass is 9.91. The number of carbonyl (C=O) groups excluding carboxylic acids is 1. The lowest BCUT2D eigenvalue weighted by Gasteiger charge is -2.41. The zero-order valence-corrected chi connectivity index (χ0v) is 13.1. The van der Waals surface area contributed by atoms with Crippen LogP contribution < -0.4 is 0 Å². The highest BCUT2D eigenvalue weighted by atomic mass is 16.5. The molecule has 1 unspecified atom stereocenters. The third kappa shape index (κ3) is 3.28. The van der Waals surface area contributed by atoms with E-state index in [1.54, 1.807) is 4.90 Å². The average molecular weight is 316 g/mol. The molecule has 1 N–H and O–H groups in total. The molecular formula is C17H20N2O4. The summed E-state index contributed by atoms with van der Waals surface area (Å²) in [5.74, 6) is -0.0250. The molecular weight excluding hydrogens is 296 g/mol. The van der Waals surface area contributed by atoms with Crippen molar-refractivity contribution < 1.29 is 19.1 Å². The van der Waals surface area contributed by atoms with Crippen LogP contribution in [0, 0.1) is 6.92 Å². The first-order chi connectivity index (χ1) is 11.1. The number of amides is 1. The molecule has 1 aromatic carbocycles. The first-order valence-electron chi connectivity index (χ1n) is 7.61. The van der Waals surface area contributed by atoms with Crippen LogP contribution in [0.1, 0.15) is 21.7 Å². The molecule has 0 aliphatic carbocycles. The van der Waals surface area contributed by atoms with Crippen molar-refractivity contribution in [3.63, 3.8) is 0 Å². The van der Waals surface area contributed by atoms with E-state index in [1.807, 2.05) is 31.2 Å². The van der Waals surface area contributed by atoms with Crippen molar-refractivity contribution in [3.05, 3.63) is 53.7 Å². The Kier molecular flexibility index (Phi) is 4.45. The van der Waals surface area contributed by atoms with Gasteiger partial charge >= 0.3 is 0 Å². The van der Waals surface area contributed by atoms with Crippen LogP contribution in [0.2, 0.25) is 0 Å². The zero-order valence-electron chi connectivity index (χ0n) is 13.1. The fourth-order valence-corrected chi connectivity index (χ4v) is 2.91. The molecule has 0 saturated carbocycles. The number of nitrogens with zero attached hydrogens (tertiary/aromatic N) is 2. The molecule has 6 heteroatoms. The van der Waals surface area contributed by atoms with Gasteiger partial charge in [0, 0.05) is 13.0 Å². The first-order valence-corrected chi connectivity index (χ1v) is 7.61. The second-order valence-electron chi connectivity index (χ2n) is 5.89. The van der Waals surface area contributed by atoms with E-state index in [9.17, 15) is 9.90 Å². The number of carbonyl (C=O) groups is 1. The Morgan fingerprint density at radius 1 is 1.43 bits per heavy atom. The van der Waals surface area contributed by atoms with E-state index in [0.717, 1.165) is 11.1 Å². The van der Waals surface area contributed by atoms with E-state index in [4.69, 9.17) is 9.15 Å². The molecule has 6 nitrogen and oxygen atoms in total. The highest BCUT2D eigenvalue weighted by Gasteiger charge is 2.39. The largest absolute Gasteiger partial charge is 0.438 e. The Labute approximate surface area is 134 Å². The lowest BCUT2D eigenvalue weighted by molar-refractivity contribution is -0.124. The number of aromatic nitrogens is 1. The third-order valence-corrected chi connectivity index (χ3v) is 4.24. The Bertz CT molecular complexity index is 671. The monoisotopic (exact) mass is 316 g/mol. The van der Waals surface area contributed by atoms with Crippen molar-refractivity contribution in [2.75, 3.05) is 26.3 Å². The molecule has 1 aliphatic heterocycles. The van der Waals surface area contributed by atoms with Gasteiger partial charge in [0.05, 0.1) is 26.0 Å². The minimum absolute atomic E-state index is 0.151. The van der Waals surface area contributed by atoms with E-state index >= 15 is 0 Å². The molecule has 2 aromatic rings. The number of oxazole rings is 1. The fraction of sp³-hybridized carbons (Fsp3) is 0.412. The molecule has 1 fully saturated rings. The number of aryl methyl sites for hydroxylation is 1. The number of aliphatic hydroxyl groups is 1. The van der Waals surface area contributed by atoms with E-state index < -0.39 is 5.60 Å². The lowest BCUT2D eigenvalue weighted by Crippen LogP contribution is -2.56. The van der Waals surface area contributed by atoms with Gasteiger partial charge in [-0.15, -0.1) is 0 Å². The number of aliphatic hydroxyl groups excluding tert-OH is 1. The third-order valence-electron chi connectivity index (χ3n) is 4.24. The van der Waals surface area contributed by atoms with E-state index in [-0.39, 0.29) is 18.3 Å². The molecule has 0 bridgehead atoms. The minimum Gasteiger partial charge on any atom is -0.438 e. The van der Waals surface area contributed by atoms with Crippen LogP contribution in [-0.4, -0.2) is 52.8 Å². The Morgan fingerprint density at radius 3 is 2.96 bits per heavy atom. The summed E-state index contributed by atoms with van der Waals surface area (Å²) in [7, 11) is 0. The van der Waals surface area contributed by atoms with Crippen molar-refractivity contribution in [2.24, 2.45) is 0 Å². The van der Waals surface area contributed by atoms with Crippen LogP contribution in [0.5, 0.6) is 0 Å². The molecule has 1 amide bonds. The van der Waals surface area contributed by atoms with E-state index in [0.29, 0.717) is 26.1 Å². The van der Waals surface area contributed by atoms with Crippen LogP contribution in [0.15, 0.2) is 41.3 Å². The quantitative estimate of drug-likeness (QED) is 0.923. The van der Waals surface area contributed by atoms with Crippen LogP contribution in [0.4, 0.5) is 0 Å². The Morgan fingerprint density at radius 2 is 2.26 bits per heavy atom. The van der Waals surface area contributed by atoms with Gasteiger partial charge < -0.3 is 19.2 Å². The van der Waals surface area contributed by atoms with Crippen LogP contribution in [-0.2, 0) is 11.2 Å². The normalized spacial score (nSPS) is 21.4. The van der Waals surface area contributed by atoms with Crippen LogP contribution in [0.25, 0.3) is 0 Å². The number of benzene rings is 1. The number of hydrogen-bond donors (Lipinski definition) is 1. The van der Waals surface area contributed by atoms with E-state index in [2.05, 4.69) is 4.98 Å².